The fourth-order valence-corrected chi connectivity index (χ4v) is 1.71. The van der Waals surface area contributed by atoms with E-state index in [2.05, 4.69) is 5.32 Å². The molecule has 7 heteroatoms. The van der Waals surface area contributed by atoms with Gasteiger partial charge >= 0.3 is 11.9 Å². The molecule has 0 aliphatic rings. The number of amides is 1. The number of nitrogens with one attached hydrogen (secondary N) is 1. The number of nitrogens with two attached hydrogens (primary N) is 1. The maximum atomic E-state index is 11.1. The Morgan fingerprint density at radius 3 is 1.88 bits per heavy atom. The predicted octanol–water partition coefficient (Wildman–Crippen LogP) is 2.70. The Labute approximate surface area is 138 Å². The van der Waals surface area contributed by atoms with E-state index in [1.165, 1.54) is 12.1 Å². The van der Waals surface area contributed by atoms with Crippen LogP contribution >= 0.6 is 0 Å². The van der Waals surface area contributed by atoms with Gasteiger partial charge in [-0.05, 0) is 24.3 Å². The monoisotopic (exact) mass is 330 g/mol. The zero-order valence-corrected chi connectivity index (χ0v) is 13.0. The minimum absolute atomic E-state index is 0.106. The summed E-state index contributed by atoms with van der Waals surface area (Å²) >= 11 is 0. The van der Waals surface area contributed by atoms with Gasteiger partial charge in [0, 0.05) is 12.1 Å². The van der Waals surface area contributed by atoms with Gasteiger partial charge in [-0.25, -0.2) is 9.59 Å². The van der Waals surface area contributed by atoms with E-state index in [0.29, 0.717) is 17.8 Å². The van der Waals surface area contributed by atoms with Crippen LogP contribution in [0.1, 0.15) is 34.1 Å². The van der Waals surface area contributed by atoms with Crippen LogP contribution in [0.2, 0.25) is 0 Å². The Kier molecular flexibility index (Phi) is 6.97. The van der Waals surface area contributed by atoms with Gasteiger partial charge in [-0.15, -0.1) is 0 Å². The topological polar surface area (TPSA) is 130 Å². The average molecular weight is 330 g/mol. The number of carbonyl (C=O) groups excluding carboxylic acids is 1. The van der Waals surface area contributed by atoms with Gasteiger partial charge in [-0.2, -0.15) is 0 Å². The number of hydrogen-bond acceptors (Lipinski definition) is 4. The van der Waals surface area contributed by atoms with Crippen LogP contribution in [0.25, 0.3) is 0 Å². The first-order valence-corrected chi connectivity index (χ1v) is 7.06. The second kappa shape index (κ2) is 8.94. The molecule has 0 fully saturated rings. The van der Waals surface area contributed by atoms with Crippen LogP contribution in [0.5, 0.6) is 0 Å². The minimum Gasteiger partial charge on any atom is -0.478 e. The fourth-order valence-electron chi connectivity index (χ4n) is 1.71. The molecule has 0 saturated carbocycles. The molecule has 0 atom stereocenters. The van der Waals surface area contributed by atoms with Gasteiger partial charge in [0.05, 0.1) is 16.8 Å². The van der Waals surface area contributed by atoms with E-state index in [0.717, 1.165) is 0 Å². The predicted molar refractivity (Wildman–Crippen MR) is 90.1 cm³/mol. The number of nitrogen functional groups attached to an aromatic ring is 1. The maximum Gasteiger partial charge on any atom is 0.337 e. The molecule has 24 heavy (non-hydrogen) atoms. The lowest BCUT2D eigenvalue weighted by Crippen LogP contribution is -2.12. The SMILES string of the molecule is CCC(=O)Nc1ccccc1C(=O)O.Nc1ccccc1C(=O)O. The van der Waals surface area contributed by atoms with Crippen LogP contribution in [0, 0.1) is 0 Å². The van der Waals surface area contributed by atoms with Gasteiger partial charge in [0.2, 0.25) is 5.91 Å². The van der Waals surface area contributed by atoms with Crippen molar-refractivity contribution in [1.82, 2.24) is 0 Å². The number of aromatic carboxylic acids is 2. The van der Waals surface area contributed by atoms with E-state index >= 15 is 0 Å². The molecule has 0 saturated heterocycles. The van der Waals surface area contributed by atoms with E-state index in [-0.39, 0.29) is 17.0 Å². The molecule has 0 heterocycles. The summed E-state index contributed by atoms with van der Waals surface area (Å²) in [5, 5.41) is 19.8. The van der Waals surface area contributed by atoms with Crippen molar-refractivity contribution >= 4 is 29.2 Å². The summed E-state index contributed by atoms with van der Waals surface area (Å²) in [7, 11) is 0. The molecule has 0 aliphatic heterocycles. The third-order valence-corrected chi connectivity index (χ3v) is 2.94. The second-order valence-corrected chi connectivity index (χ2v) is 4.64. The Morgan fingerprint density at radius 2 is 1.42 bits per heavy atom. The highest BCUT2D eigenvalue weighted by molar-refractivity contribution is 6.00. The van der Waals surface area contributed by atoms with Crippen molar-refractivity contribution in [3.63, 3.8) is 0 Å². The molecular weight excluding hydrogens is 312 g/mol. The number of rotatable bonds is 4. The van der Waals surface area contributed by atoms with Crippen molar-refractivity contribution in [2.75, 3.05) is 11.1 Å². The van der Waals surface area contributed by atoms with E-state index in [1.807, 2.05) is 0 Å². The first-order chi connectivity index (χ1) is 11.4. The molecule has 2 aromatic carbocycles. The normalized spacial score (nSPS) is 9.38. The molecule has 0 bridgehead atoms. The molecule has 7 nitrogen and oxygen atoms in total. The van der Waals surface area contributed by atoms with Crippen LogP contribution in [0.15, 0.2) is 48.5 Å². The molecule has 5 N–H and O–H groups in total. The van der Waals surface area contributed by atoms with Gasteiger partial charge in [-0.3, -0.25) is 4.79 Å². The third kappa shape index (κ3) is 5.45. The number of carbonyl (C=O) groups is 3. The summed E-state index contributed by atoms with van der Waals surface area (Å²) in [6.07, 6.45) is 0.327. The lowest BCUT2D eigenvalue weighted by atomic mass is 10.2. The zero-order valence-electron chi connectivity index (χ0n) is 13.0. The molecule has 126 valence electrons. The van der Waals surface area contributed by atoms with Gasteiger partial charge in [0.1, 0.15) is 0 Å². The molecule has 0 unspecified atom stereocenters. The summed E-state index contributed by atoms with van der Waals surface area (Å²) in [5.74, 6) is -2.23. The summed E-state index contributed by atoms with van der Waals surface area (Å²) in [5.41, 5.74) is 6.24. The van der Waals surface area contributed by atoms with Crippen molar-refractivity contribution < 1.29 is 24.6 Å². The zero-order chi connectivity index (χ0) is 18.1. The molecule has 0 radical (unpaired) electrons. The van der Waals surface area contributed by atoms with Crippen molar-refractivity contribution in [3.05, 3.63) is 59.7 Å². The summed E-state index contributed by atoms with van der Waals surface area (Å²) < 4.78 is 0. The smallest absolute Gasteiger partial charge is 0.337 e. The van der Waals surface area contributed by atoms with Crippen LogP contribution < -0.4 is 11.1 Å². The molecular formula is C17H18N2O5. The highest BCUT2D eigenvalue weighted by Crippen LogP contribution is 2.14. The fraction of sp³-hybridized carbons (Fsp3) is 0.118. The summed E-state index contributed by atoms with van der Waals surface area (Å²) in [6.45, 7) is 1.71. The van der Waals surface area contributed by atoms with Crippen LogP contribution in [-0.4, -0.2) is 28.1 Å². The highest BCUT2D eigenvalue weighted by atomic mass is 16.4. The molecule has 0 aliphatic carbocycles. The quantitative estimate of drug-likeness (QED) is 0.638. The van der Waals surface area contributed by atoms with Crippen LogP contribution in [0.3, 0.4) is 0 Å². The Hall–Kier alpha value is -3.35. The van der Waals surface area contributed by atoms with E-state index < -0.39 is 11.9 Å². The molecule has 2 rings (SSSR count). The average Bonchev–Trinajstić information content (AvgIpc) is 2.55. The lowest BCUT2D eigenvalue weighted by molar-refractivity contribution is -0.115. The maximum absolute atomic E-state index is 11.1. The van der Waals surface area contributed by atoms with Crippen molar-refractivity contribution in [1.29, 1.82) is 0 Å². The van der Waals surface area contributed by atoms with Crippen molar-refractivity contribution in [3.8, 4) is 0 Å². The largest absolute Gasteiger partial charge is 0.478 e. The number of carboxylic acid groups (broad SMARTS) is 2. The Morgan fingerprint density at radius 1 is 0.917 bits per heavy atom. The third-order valence-electron chi connectivity index (χ3n) is 2.94. The number of para-hydroxylation sites is 2. The molecule has 1 amide bonds. The molecule has 2 aromatic rings. The van der Waals surface area contributed by atoms with Gasteiger partial charge in [0.15, 0.2) is 0 Å². The van der Waals surface area contributed by atoms with E-state index in [4.69, 9.17) is 15.9 Å². The lowest BCUT2D eigenvalue weighted by Gasteiger charge is -2.06. The standard InChI is InChI=1S/C10H11NO3.C7H7NO2/c1-2-9(12)11-8-6-4-3-5-7(8)10(13)14;8-6-4-2-1-3-5(6)7(9)10/h3-6H,2H2,1H3,(H,11,12)(H,13,14);1-4H,8H2,(H,9,10). The Bertz CT molecular complexity index is 743. The van der Waals surface area contributed by atoms with Crippen molar-refractivity contribution in [2.45, 2.75) is 13.3 Å². The first-order valence-electron chi connectivity index (χ1n) is 7.06. The first kappa shape index (κ1) is 18.7. The van der Waals surface area contributed by atoms with E-state index in [9.17, 15) is 14.4 Å². The molecule has 0 aromatic heterocycles. The number of carboxylic acids is 2. The van der Waals surface area contributed by atoms with Crippen molar-refractivity contribution in [2.24, 2.45) is 0 Å². The summed E-state index contributed by atoms with van der Waals surface area (Å²) in [6, 6.07) is 12.7. The van der Waals surface area contributed by atoms with Gasteiger partial charge < -0.3 is 21.3 Å². The van der Waals surface area contributed by atoms with Crippen LogP contribution in [-0.2, 0) is 4.79 Å². The number of benzene rings is 2. The Balaban J connectivity index is 0.000000254. The van der Waals surface area contributed by atoms with E-state index in [1.54, 1.807) is 43.3 Å². The summed E-state index contributed by atoms with van der Waals surface area (Å²) in [4.78, 5) is 32.1. The molecule has 0 spiro atoms. The number of hydrogen-bond donors (Lipinski definition) is 4. The second-order valence-electron chi connectivity index (χ2n) is 4.64. The van der Waals surface area contributed by atoms with Gasteiger partial charge in [0.25, 0.3) is 0 Å². The highest BCUT2D eigenvalue weighted by Gasteiger charge is 2.10. The number of anilines is 2. The van der Waals surface area contributed by atoms with Gasteiger partial charge in [-0.1, -0.05) is 31.2 Å². The van der Waals surface area contributed by atoms with Crippen LogP contribution in [0.4, 0.5) is 11.4 Å². The minimum atomic E-state index is -1.04.